The highest BCUT2D eigenvalue weighted by Crippen LogP contribution is 2.33. The van der Waals surface area contributed by atoms with Crippen molar-refractivity contribution < 1.29 is 14.3 Å². The molecule has 0 radical (unpaired) electrons. The molecule has 0 unspecified atom stereocenters. The molecule has 1 aliphatic heterocycles. The van der Waals surface area contributed by atoms with Crippen molar-refractivity contribution in [3.05, 3.63) is 95.8 Å². The first-order valence-electron chi connectivity index (χ1n) is 16.4. The van der Waals surface area contributed by atoms with Crippen LogP contribution in [0.5, 0.6) is 10.8 Å². The Morgan fingerprint density at radius 2 is 1.72 bits per heavy atom. The highest BCUT2D eigenvalue weighted by molar-refractivity contribution is 7.17. The lowest BCUT2D eigenvalue weighted by atomic mass is 10.1. The molecule has 0 saturated carbocycles. The Balaban J connectivity index is 1.08. The van der Waals surface area contributed by atoms with Crippen molar-refractivity contribution in [2.24, 2.45) is 0 Å². The largest absolute Gasteiger partial charge is 0.445 e. The molecule has 244 valence electrons. The maximum atomic E-state index is 13.1. The number of hydrogen-bond acceptors (Lipinski definition) is 6. The summed E-state index contributed by atoms with van der Waals surface area (Å²) >= 11 is 1.25. The average molecular weight is 651 g/mol. The number of para-hydroxylation sites is 1. The highest BCUT2D eigenvalue weighted by Gasteiger charge is 2.17. The number of rotatable bonds is 11. The summed E-state index contributed by atoms with van der Waals surface area (Å²) in [7, 11) is 0. The summed E-state index contributed by atoms with van der Waals surface area (Å²) in [5, 5.41) is 11.0. The summed E-state index contributed by atoms with van der Waals surface area (Å²) in [6, 6.07) is 21.6. The molecule has 3 N–H and O–H groups in total. The first-order chi connectivity index (χ1) is 22.9. The number of piperidine rings is 1. The van der Waals surface area contributed by atoms with E-state index in [1.165, 1.54) is 41.5 Å². The summed E-state index contributed by atoms with van der Waals surface area (Å²) in [6.07, 6.45) is 9.45. The molecule has 3 aromatic carbocycles. The molecule has 0 spiro atoms. The Kier molecular flexibility index (Phi) is 10.2. The van der Waals surface area contributed by atoms with Gasteiger partial charge in [0, 0.05) is 41.1 Å². The van der Waals surface area contributed by atoms with Gasteiger partial charge >= 0.3 is 6.03 Å². The van der Waals surface area contributed by atoms with Crippen LogP contribution in [0.25, 0.3) is 16.6 Å². The normalized spacial score (nSPS) is 13.5. The van der Waals surface area contributed by atoms with Crippen molar-refractivity contribution in [3.8, 4) is 16.5 Å². The molecule has 0 bridgehead atoms. The first kappa shape index (κ1) is 32.3. The zero-order valence-corrected chi connectivity index (χ0v) is 28.0. The zero-order valence-electron chi connectivity index (χ0n) is 27.2. The molecule has 3 amide bonds. The fourth-order valence-electron chi connectivity index (χ4n) is 6.05. The quantitative estimate of drug-likeness (QED) is 0.133. The predicted molar refractivity (Wildman–Crippen MR) is 190 cm³/mol. The van der Waals surface area contributed by atoms with E-state index in [0.29, 0.717) is 27.2 Å². The third-order valence-corrected chi connectivity index (χ3v) is 9.50. The Bertz CT molecular complexity index is 1840. The molecule has 2 aromatic heterocycles. The molecule has 9 nitrogen and oxygen atoms in total. The highest BCUT2D eigenvalue weighted by atomic mass is 32.1. The number of ether oxygens (including phenoxy) is 1. The second-order valence-electron chi connectivity index (χ2n) is 12.1. The Morgan fingerprint density at radius 1 is 0.957 bits per heavy atom. The van der Waals surface area contributed by atoms with E-state index >= 15 is 0 Å². The smallest absolute Gasteiger partial charge is 0.319 e. The van der Waals surface area contributed by atoms with E-state index in [2.05, 4.69) is 74.7 Å². The number of fused-ring (bicyclic) bond motifs is 1. The van der Waals surface area contributed by atoms with Crippen LogP contribution in [0.3, 0.4) is 0 Å². The molecule has 1 saturated heterocycles. The minimum Gasteiger partial charge on any atom is -0.445 e. The lowest BCUT2D eigenvalue weighted by Crippen LogP contribution is -2.37. The SMILES string of the molecule is CCC(CC)NC(=O)Nc1ccc(Oc2cnc(NC(=O)c3ccc(-n4cc(CN5CCCCC5)c5ccccc54)cc3)s2)c(C)c1. The van der Waals surface area contributed by atoms with Gasteiger partial charge in [-0.05, 0) is 105 Å². The van der Waals surface area contributed by atoms with Crippen LogP contribution in [0.2, 0.25) is 0 Å². The number of aromatic nitrogens is 2. The van der Waals surface area contributed by atoms with E-state index in [0.717, 1.165) is 49.2 Å². The van der Waals surface area contributed by atoms with Gasteiger partial charge in [0.25, 0.3) is 5.91 Å². The van der Waals surface area contributed by atoms with Crippen molar-refractivity contribution in [1.29, 1.82) is 0 Å². The first-order valence-corrected chi connectivity index (χ1v) is 17.3. The number of urea groups is 1. The second-order valence-corrected chi connectivity index (χ2v) is 13.1. The molecular formula is C37H42N6O3S. The van der Waals surface area contributed by atoms with E-state index in [9.17, 15) is 9.59 Å². The lowest BCUT2D eigenvalue weighted by Gasteiger charge is -2.26. The second kappa shape index (κ2) is 14.8. The van der Waals surface area contributed by atoms with E-state index in [4.69, 9.17) is 4.74 Å². The van der Waals surface area contributed by atoms with Crippen LogP contribution in [-0.2, 0) is 6.54 Å². The number of anilines is 2. The summed E-state index contributed by atoms with van der Waals surface area (Å²) in [4.78, 5) is 32.3. The van der Waals surface area contributed by atoms with Crippen LogP contribution >= 0.6 is 11.3 Å². The number of likely N-dealkylation sites (tertiary alicyclic amines) is 1. The van der Waals surface area contributed by atoms with E-state index in [-0.39, 0.29) is 18.0 Å². The van der Waals surface area contributed by atoms with E-state index in [1.54, 1.807) is 12.3 Å². The van der Waals surface area contributed by atoms with Crippen LogP contribution in [0, 0.1) is 6.92 Å². The van der Waals surface area contributed by atoms with Gasteiger partial charge in [0.05, 0.1) is 11.7 Å². The number of hydrogen-bond donors (Lipinski definition) is 3. The van der Waals surface area contributed by atoms with Crippen LogP contribution in [0.1, 0.15) is 67.4 Å². The predicted octanol–water partition coefficient (Wildman–Crippen LogP) is 8.74. The number of nitrogens with one attached hydrogen (secondary N) is 3. The van der Waals surface area contributed by atoms with Crippen LogP contribution < -0.4 is 20.7 Å². The van der Waals surface area contributed by atoms with E-state index in [1.807, 2.05) is 43.3 Å². The fraction of sp³-hybridized carbons (Fsp3) is 0.324. The van der Waals surface area contributed by atoms with E-state index < -0.39 is 0 Å². The van der Waals surface area contributed by atoms with Gasteiger partial charge in [-0.15, -0.1) is 0 Å². The summed E-state index contributed by atoms with van der Waals surface area (Å²) < 4.78 is 8.27. The molecule has 5 aromatic rings. The Hall–Kier alpha value is -4.67. The number of carbonyl (C=O) groups excluding carboxylic acids is 2. The number of amides is 3. The minimum atomic E-state index is -0.237. The molecule has 1 aliphatic rings. The van der Waals surface area contributed by atoms with Crippen LogP contribution in [0.15, 0.2) is 79.1 Å². The molecule has 0 atom stereocenters. The van der Waals surface area contributed by atoms with Crippen LogP contribution in [-0.4, -0.2) is 45.5 Å². The monoisotopic (exact) mass is 650 g/mol. The number of nitrogens with zero attached hydrogens (tertiary/aromatic N) is 3. The molecule has 1 fully saturated rings. The van der Waals surface area contributed by atoms with Gasteiger partial charge in [-0.3, -0.25) is 15.0 Å². The average Bonchev–Trinajstić information content (AvgIpc) is 3.69. The van der Waals surface area contributed by atoms with Crippen molar-refractivity contribution >= 4 is 45.0 Å². The maximum Gasteiger partial charge on any atom is 0.319 e. The van der Waals surface area contributed by atoms with Gasteiger partial charge in [0.2, 0.25) is 5.06 Å². The van der Waals surface area contributed by atoms with Crippen molar-refractivity contribution in [3.63, 3.8) is 0 Å². The molecule has 47 heavy (non-hydrogen) atoms. The lowest BCUT2D eigenvalue weighted by molar-refractivity contribution is 0.102. The molecule has 6 rings (SSSR count). The summed E-state index contributed by atoms with van der Waals surface area (Å²) in [5.74, 6) is 0.406. The van der Waals surface area contributed by atoms with Gasteiger partial charge in [-0.1, -0.05) is 49.8 Å². The van der Waals surface area contributed by atoms with Crippen LogP contribution in [0.4, 0.5) is 15.6 Å². The van der Waals surface area contributed by atoms with Gasteiger partial charge in [0.15, 0.2) is 5.13 Å². The topological polar surface area (TPSA) is 101 Å². The number of carbonyl (C=O) groups is 2. The van der Waals surface area contributed by atoms with Gasteiger partial charge in [-0.25, -0.2) is 9.78 Å². The maximum absolute atomic E-state index is 13.1. The van der Waals surface area contributed by atoms with Crippen molar-refractivity contribution in [1.82, 2.24) is 19.8 Å². The Morgan fingerprint density at radius 3 is 2.47 bits per heavy atom. The Labute approximate surface area is 280 Å². The molecule has 3 heterocycles. The summed E-state index contributed by atoms with van der Waals surface area (Å²) in [6.45, 7) is 9.28. The van der Waals surface area contributed by atoms with Gasteiger partial charge in [0.1, 0.15) is 5.75 Å². The molecular weight excluding hydrogens is 609 g/mol. The number of benzene rings is 3. The van der Waals surface area contributed by atoms with Crippen molar-refractivity contribution in [2.75, 3.05) is 23.7 Å². The standard InChI is InChI=1S/C37H42N6O3S/c1-4-28(5-2)39-36(45)40-29-15-18-33(25(3)21-29)46-34-22-38-37(47-34)41-35(44)26-13-16-30(17-14-26)43-24-27(23-42-19-9-6-10-20-42)31-11-7-8-12-32(31)43/h7-8,11-18,21-22,24,28H,4-6,9-10,19-20,23H2,1-3H3,(H,38,41,44)(H2,39,40,45). The number of thiazole rings is 1. The summed E-state index contributed by atoms with van der Waals surface area (Å²) in [5.41, 5.74) is 5.59. The third-order valence-electron chi connectivity index (χ3n) is 8.71. The number of aryl methyl sites for hydroxylation is 1. The van der Waals surface area contributed by atoms with Crippen molar-refractivity contribution in [2.45, 2.75) is 65.5 Å². The van der Waals surface area contributed by atoms with Gasteiger partial charge in [-0.2, -0.15) is 0 Å². The molecule has 10 heteroatoms. The minimum absolute atomic E-state index is 0.146. The van der Waals surface area contributed by atoms with Gasteiger partial charge < -0.3 is 19.9 Å². The third kappa shape index (κ3) is 7.84. The molecule has 0 aliphatic carbocycles. The fourth-order valence-corrected chi connectivity index (χ4v) is 6.73. The zero-order chi connectivity index (χ0) is 32.8.